The summed E-state index contributed by atoms with van der Waals surface area (Å²) in [7, 11) is 0. The first-order chi connectivity index (χ1) is 23.6. The summed E-state index contributed by atoms with van der Waals surface area (Å²) in [5.41, 5.74) is 0. The Morgan fingerprint density at radius 3 is 1.86 bits per heavy atom. The summed E-state index contributed by atoms with van der Waals surface area (Å²) in [5, 5.41) is 30.6. The summed E-state index contributed by atoms with van der Waals surface area (Å²) in [5.74, 6) is -0.507. The molecule has 0 bridgehead atoms. The minimum atomic E-state index is -1.05. The van der Waals surface area contributed by atoms with Crippen LogP contribution in [0.1, 0.15) is 168 Å². The fourth-order valence-electron chi connectivity index (χ4n) is 6.37. The van der Waals surface area contributed by atoms with Gasteiger partial charge >= 0.3 is 11.9 Å². The van der Waals surface area contributed by atoms with E-state index in [4.69, 9.17) is 9.47 Å². The summed E-state index contributed by atoms with van der Waals surface area (Å²) >= 11 is 0. The molecule has 0 aromatic carbocycles. The molecule has 1 aliphatic carbocycles. The monoisotopic (exact) mass is 693 g/mol. The van der Waals surface area contributed by atoms with Gasteiger partial charge in [-0.3, -0.25) is 14.4 Å². The van der Waals surface area contributed by atoms with Gasteiger partial charge in [0.15, 0.2) is 0 Å². The van der Waals surface area contributed by atoms with Crippen molar-refractivity contribution in [1.82, 2.24) is 0 Å². The van der Waals surface area contributed by atoms with Crippen LogP contribution >= 0.6 is 0 Å². The normalized spacial score (nSPS) is 19.3. The van der Waals surface area contributed by atoms with Gasteiger partial charge < -0.3 is 24.8 Å². The van der Waals surface area contributed by atoms with Crippen molar-refractivity contribution in [2.45, 2.75) is 187 Å². The SMILES string of the molecule is CCCCC[C@H](O)/C=C/[C@H]1[C@H](O)CC(=O)[C@@H]1C/C=C\CCCC(=O)OC[C@H](O)COC(=O)CCCCCCCCCCCCCCC(C)C. The third kappa shape index (κ3) is 24.7. The number of ether oxygens (including phenoxy) is 2. The molecular formula is C41H72O8. The van der Waals surface area contributed by atoms with E-state index in [0.29, 0.717) is 32.1 Å². The number of carbonyl (C=O) groups is 3. The van der Waals surface area contributed by atoms with Crippen molar-refractivity contribution in [3.8, 4) is 0 Å². The molecule has 1 saturated carbocycles. The molecule has 0 amide bonds. The predicted molar refractivity (Wildman–Crippen MR) is 197 cm³/mol. The van der Waals surface area contributed by atoms with E-state index in [2.05, 4.69) is 20.8 Å². The van der Waals surface area contributed by atoms with Crippen LogP contribution in [0.4, 0.5) is 0 Å². The number of hydrogen-bond acceptors (Lipinski definition) is 8. The van der Waals surface area contributed by atoms with Crippen LogP contribution < -0.4 is 0 Å². The fraction of sp³-hybridized carbons (Fsp3) is 0.829. The largest absolute Gasteiger partial charge is 0.463 e. The first-order valence-corrected chi connectivity index (χ1v) is 19.8. The van der Waals surface area contributed by atoms with E-state index in [9.17, 15) is 29.7 Å². The van der Waals surface area contributed by atoms with E-state index in [-0.39, 0.29) is 49.6 Å². The summed E-state index contributed by atoms with van der Waals surface area (Å²) < 4.78 is 10.3. The molecule has 0 unspecified atom stereocenters. The lowest BCUT2D eigenvalue weighted by molar-refractivity contribution is -0.152. The zero-order valence-electron chi connectivity index (χ0n) is 31.3. The molecular weight excluding hydrogens is 620 g/mol. The molecule has 0 radical (unpaired) electrons. The Bertz CT molecular complexity index is 913. The Hall–Kier alpha value is -2.03. The number of Topliss-reactive ketones (excluding diaryl/α,β-unsaturated/α-hetero) is 1. The van der Waals surface area contributed by atoms with Crippen molar-refractivity contribution in [3.05, 3.63) is 24.3 Å². The van der Waals surface area contributed by atoms with Gasteiger partial charge in [-0.2, -0.15) is 0 Å². The molecule has 0 aromatic rings. The average Bonchev–Trinajstić information content (AvgIpc) is 3.34. The second kappa shape index (κ2) is 29.7. The number of rotatable bonds is 31. The van der Waals surface area contributed by atoms with Crippen molar-refractivity contribution < 1.29 is 39.2 Å². The van der Waals surface area contributed by atoms with E-state index < -0.39 is 24.3 Å². The Morgan fingerprint density at radius 2 is 1.29 bits per heavy atom. The van der Waals surface area contributed by atoms with E-state index in [1.165, 1.54) is 64.2 Å². The summed E-state index contributed by atoms with van der Waals surface area (Å²) in [4.78, 5) is 36.5. The molecule has 8 heteroatoms. The molecule has 3 N–H and O–H groups in total. The lowest BCUT2D eigenvalue weighted by Crippen LogP contribution is -2.25. The topological polar surface area (TPSA) is 130 Å². The van der Waals surface area contributed by atoms with E-state index in [1.807, 2.05) is 12.2 Å². The second-order valence-electron chi connectivity index (χ2n) is 14.7. The minimum Gasteiger partial charge on any atom is -0.463 e. The van der Waals surface area contributed by atoms with Crippen LogP contribution in [0.3, 0.4) is 0 Å². The molecule has 284 valence electrons. The van der Waals surface area contributed by atoms with Crippen LogP contribution in [0.15, 0.2) is 24.3 Å². The van der Waals surface area contributed by atoms with Gasteiger partial charge in [0.05, 0.1) is 12.2 Å². The summed E-state index contributed by atoms with van der Waals surface area (Å²) in [6, 6.07) is 0. The number of ketones is 1. The van der Waals surface area contributed by atoms with Crippen molar-refractivity contribution in [2.75, 3.05) is 13.2 Å². The Labute approximate surface area is 298 Å². The van der Waals surface area contributed by atoms with Crippen LogP contribution in [0, 0.1) is 17.8 Å². The number of unbranched alkanes of at least 4 members (excludes halogenated alkanes) is 14. The Morgan fingerprint density at radius 1 is 0.755 bits per heavy atom. The second-order valence-corrected chi connectivity index (χ2v) is 14.7. The third-order valence-corrected chi connectivity index (χ3v) is 9.49. The van der Waals surface area contributed by atoms with Crippen LogP contribution in [-0.2, 0) is 23.9 Å². The molecule has 8 nitrogen and oxygen atoms in total. The molecule has 1 fully saturated rings. The lowest BCUT2D eigenvalue weighted by Gasteiger charge is -2.16. The number of aliphatic hydroxyl groups is 3. The zero-order valence-corrected chi connectivity index (χ0v) is 31.3. The molecule has 1 aliphatic rings. The van der Waals surface area contributed by atoms with Crippen LogP contribution in [0.2, 0.25) is 0 Å². The van der Waals surface area contributed by atoms with E-state index in [0.717, 1.165) is 44.4 Å². The van der Waals surface area contributed by atoms with Gasteiger partial charge in [0.1, 0.15) is 25.1 Å². The number of carbonyl (C=O) groups excluding carboxylic acids is 3. The maximum atomic E-state index is 12.4. The Balaban J connectivity index is 2.04. The van der Waals surface area contributed by atoms with Crippen LogP contribution in [-0.4, -0.2) is 64.6 Å². The van der Waals surface area contributed by atoms with Crippen molar-refractivity contribution in [3.63, 3.8) is 0 Å². The highest BCUT2D eigenvalue weighted by Crippen LogP contribution is 2.33. The molecule has 0 aliphatic heterocycles. The highest BCUT2D eigenvalue weighted by Gasteiger charge is 2.39. The van der Waals surface area contributed by atoms with Crippen LogP contribution in [0.25, 0.3) is 0 Å². The average molecular weight is 693 g/mol. The minimum absolute atomic E-state index is 0.0322. The quantitative estimate of drug-likeness (QED) is 0.0374. The number of allylic oxidation sites excluding steroid dienone is 2. The standard InChI is InChI=1S/C41H72O8/c1-4-5-18-24-34(42)28-29-37-36(38(44)30-39(37)45)25-20-16-17-22-27-41(47)49-32-35(43)31-48-40(46)26-21-15-13-11-9-7-6-8-10-12-14-19-23-33(2)3/h16,20,28-29,33-37,39,42-43,45H,4-15,17-19,21-27,30-32H2,1-3H3/b20-16-,29-28+/t34-,35+,36+,37+,39+/m0/s1. The first kappa shape index (κ1) is 45.0. The highest BCUT2D eigenvalue weighted by molar-refractivity contribution is 5.84. The molecule has 0 heterocycles. The maximum absolute atomic E-state index is 12.4. The van der Waals surface area contributed by atoms with Crippen molar-refractivity contribution >= 4 is 17.7 Å². The van der Waals surface area contributed by atoms with Gasteiger partial charge in [-0.15, -0.1) is 0 Å². The van der Waals surface area contributed by atoms with Crippen LogP contribution in [0.5, 0.6) is 0 Å². The molecule has 0 saturated heterocycles. The third-order valence-electron chi connectivity index (χ3n) is 9.49. The van der Waals surface area contributed by atoms with Gasteiger partial charge in [-0.05, 0) is 38.0 Å². The number of esters is 2. The van der Waals surface area contributed by atoms with Gasteiger partial charge in [0.25, 0.3) is 0 Å². The summed E-state index contributed by atoms with van der Waals surface area (Å²) in [6.07, 6.45) is 27.4. The molecule has 1 rings (SSSR count). The zero-order chi connectivity index (χ0) is 36.1. The molecule has 0 aromatic heterocycles. The Kier molecular flexibility index (Phi) is 27.2. The van der Waals surface area contributed by atoms with Gasteiger partial charge in [-0.1, -0.05) is 141 Å². The molecule has 0 spiro atoms. The molecule has 5 atom stereocenters. The number of hydrogen-bond donors (Lipinski definition) is 3. The van der Waals surface area contributed by atoms with Crippen molar-refractivity contribution in [2.24, 2.45) is 17.8 Å². The smallest absolute Gasteiger partial charge is 0.305 e. The fourth-order valence-corrected chi connectivity index (χ4v) is 6.37. The van der Waals surface area contributed by atoms with Gasteiger partial charge in [0, 0.05) is 31.1 Å². The van der Waals surface area contributed by atoms with E-state index >= 15 is 0 Å². The van der Waals surface area contributed by atoms with Gasteiger partial charge in [0.2, 0.25) is 0 Å². The molecule has 49 heavy (non-hydrogen) atoms. The number of aliphatic hydroxyl groups excluding tert-OH is 3. The predicted octanol–water partition coefficient (Wildman–Crippen LogP) is 8.73. The van der Waals surface area contributed by atoms with Gasteiger partial charge in [-0.25, -0.2) is 0 Å². The lowest BCUT2D eigenvalue weighted by atomic mass is 9.90. The summed E-state index contributed by atoms with van der Waals surface area (Å²) in [6.45, 7) is 6.30. The maximum Gasteiger partial charge on any atom is 0.305 e. The van der Waals surface area contributed by atoms with E-state index in [1.54, 1.807) is 12.2 Å². The first-order valence-electron chi connectivity index (χ1n) is 19.8. The highest BCUT2D eigenvalue weighted by atomic mass is 16.6. The van der Waals surface area contributed by atoms with Crippen molar-refractivity contribution in [1.29, 1.82) is 0 Å².